The van der Waals surface area contributed by atoms with Crippen molar-refractivity contribution in [2.45, 2.75) is 45.4 Å². The highest BCUT2D eigenvalue weighted by atomic mass is 16.5. The van der Waals surface area contributed by atoms with Gasteiger partial charge in [-0.15, -0.1) is 0 Å². The van der Waals surface area contributed by atoms with Crippen LogP contribution in [-0.2, 0) is 14.3 Å². The average molecular weight is 385 g/mol. The number of rotatable bonds is 6. The van der Waals surface area contributed by atoms with Crippen molar-refractivity contribution in [1.82, 2.24) is 5.32 Å². The smallest absolute Gasteiger partial charge is 0.336 e. The van der Waals surface area contributed by atoms with Gasteiger partial charge in [-0.1, -0.05) is 13.0 Å². The predicted molar refractivity (Wildman–Crippen MR) is 105 cm³/mol. The summed E-state index contributed by atoms with van der Waals surface area (Å²) in [5, 5.41) is 3.29. The molecule has 0 unspecified atom stereocenters. The first-order chi connectivity index (χ1) is 13.5. The van der Waals surface area contributed by atoms with E-state index in [0.717, 1.165) is 36.2 Å². The number of ether oxygens (including phenoxy) is 3. The second-order valence-corrected chi connectivity index (χ2v) is 7.02. The molecule has 0 fully saturated rings. The van der Waals surface area contributed by atoms with Crippen LogP contribution in [-0.4, -0.2) is 32.6 Å². The van der Waals surface area contributed by atoms with Crippen LogP contribution in [0.4, 0.5) is 0 Å². The number of nitrogens with one attached hydrogen (secondary N) is 1. The first-order valence-electron chi connectivity index (χ1n) is 9.64. The van der Waals surface area contributed by atoms with Gasteiger partial charge in [0.05, 0.1) is 26.4 Å². The summed E-state index contributed by atoms with van der Waals surface area (Å²) in [5.74, 6) is 0.356. The lowest BCUT2D eigenvalue weighted by Crippen LogP contribution is -2.34. The number of allylic oxidation sites excluding steroid dienone is 3. The van der Waals surface area contributed by atoms with Crippen molar-refractivity contribution in [1.29, 1.82) is 0 Å². The minimum atomic E-state index is -0.479. The Morgan fingerprint density at radius 3 is 2.61 bits per heavy atom. The van der Waals surface area contributed by atoms with Crippen molar-refractivity contribution >= 4 is 11.8 Å². The van der Waals surface area contributed by atoms with Gasteiger partial charge in [0.25, 0.3) is 0 Å². The number of methoxy groups -OCH3 is 2. The number of hydrogen-bond acceptors (Lipinski definition) is 6. The fourth-order valence-electron chi connectivity index (χ4n) is 3.89. The summed E-state index contributed by atoms with van der Waals surface area (Å²) in [6.07, 6.45) is 2.83. The summed E-state index contributed by atoms with van der Waals surface area (Å²) in [6.45, 7) is 4.15. The number of dihydropyridines is 1. The van der Waals surface area contributed by atoms with E-state index >= 15 is 0 Å². The Bertz CT molecular complexity index is 852. The first-order valence-corrected chi connectivity index (χ1v) is 9.64. The Kier molecular flexibility index (Phi) is 6.07. The zero-order valence-electron chi connectivity index (χ0n) is 16.9. The van der Waals surface area contributed by atoms with Gasteiger partial charge in [-0.05, 0) is 43.9 Å². The van der Waals surface area contributed by atoms with E-state index in [4.69, 9.17) is 14.2 Å². The van der Waals surface area contributed by atoms with E-state index < -0.39 is 11.9 Å². The van der Waals surface area contributed by atoms with Crippen LogP contribution in [0.3, 0.4) is 0 Å². The van der Waals surface area contributed by atoms with Gasteiger partial charge in [0.15, 0.2) is 17.3 Å². The molecule has 6 nitrogen and oxygen atoms in total. The molecule has 28 heavy (non-hydrogen) atoms. The van der Waals surface area contributed by atoms with Gasteiger partial charge in [0.2, 0.25) is 0 Å². The van der Waals surface area contributed by atoms with Crippen LogP contribution < -0.4 is 14.8 Å². The monoisotopic (exact) mass is 385 g/mol. The number of carbonyl (C=O) groups excluding carboxylic acids is 2. The van der Waals surface area contributed by atoms with Crippen LogP contribution in [0.5, 0.6) is 11.5 Å². The van der Waals surface area contributed by atoms with E-state index in [9.17, 15) is 9.59 Å². The fraction of sp³-hybridized carbons (Fsp3) is 0.455. The van der Waals surface area contributed by atoms with Crippen molar-refractivity contribution in [3.05, 3.63) is 46.3 Å². The maximum atomic E-state index is 12.9. The molecule has 0 amide bonds. The minimum absolute atomic E-state index is 0.0711. The largest absolute Gasteiger partial charge is 0.493 e. The lowest BCUT2D eigenvalue weighted by molar-refractivity contribution is -0.139. The van der Waals surface area contributed by atoms with Crippen molar-refractivity contribution in [3.63, 3.8) is 0 Å². The van der Waals surface area contributed by atoms with Gasteiger partial charge in [-0.25, -0.2) is 4.79 Å². The molecule has 1 atom stereocenters. The van der Waals surface area contributed by atoms with Gasteiger partial charge < -0.3 is 19.5 Å². The molecule has 6 heteroatoms. The second kappa shape index (κ2) is 8.50. The van der Waals surface area contributed by atoms with E-state index in [1.165, 1.54) is 0 Å². The van der Waals surface area contributed by atoms with Gasteiger partial charge >= 0.3 is 5.97 Å². The molecule has 150 valence electrons. The zero-order valence-corrected chi connectivity index (χ0v) is 16.9. The molecule has 1 aromatic rings. The van der Waals surface area contributed by atoms with Crippen molar-refractivity contribution in [3.8, 4) is 11.5 Å². The van der Waals surface area contributed by atoms with E-state index in [0.29, 0.717) is 35.7 Å². The van der Waals surface area contributed by atoms with Gasteiger partial charge in [-0.2, -0.15) is 0 Å². The highest BCUT2D eigenvalue weighted by Gasteiger charge is 2.39. The van der Waals surface area contributed by atoms with Crippen LogP contribution >= 0.6 is 0 Å². The zero-order chi connectivity index (χ0) is 20.3. The number of hydrogen-bond donors (Lipinski definition) is 1. The number of carbonyl (C=O) groups is 2. The quantitative estimate of drug-likeness (QED) is 0.754. The highest BCUT2D eigenvalue weighted by Crippen LogP contribution is 2.44. The van der Waals surface area contributed by atoms with Crippen molar-refractivity contribution in [2.24, 2.45) is 0 Å². The lowest BCUT2D eigenvalue weighted by atomic mass is 9.75. The third-order valence-corrected chi connectivity index (χ3v) is 5.17. The summed E-state index contributed by atoms with van der Waals surface area (Å²) < 4.78 is 16.2. The molecule has 1 aliphatic heterocycles. The Hall–Kier alpha value is -2.76. The second-order valence-electron chi connectivity index (χ2n) is 7.02. The first kappa shape index (κ1) is 20.0. The van der Waals surface area contributed by atoms with E-state index in [-0.39, 0.29) is 5.78 Å². The number of ketones is 1. The molecule has 0 spiro atoms. The summed E-state index contributed by atoms with van der Waals surface area (Å²) >= 11 is 0. The summed E-state index contributed by atoms with van der Waals surface area (Å²) in [4.78, 5) is 25.8. The molecule has 0 aromatic heterocycles. The normalized spacial score (nSPS) is 19.1. The van der Waals surface area contributed by atoms with Crippen LogP contribution in [0.2, 0.25) is 0 Å². The average Bonchev–Trinajstić information content (AvgIpc) is 2.70. The molecule has 1 aromatic carbocycles. The predicted octanol–water partition coefficient (Wildman–Crippen LogP) is 3.62. The number of esters is 1. The van der Waals surface area contributed by atoms with Gasteiger partial charge in [0.1, 0.15) is 0 Å². The maximum Gasteiger partial charge on any atom is 0.336 e. The van der Waals surface area contributed by atoms with E-state index in [2.05, 4.69) is 5.32 Å². The number of benzene rings is 1. The van der Waals surface area contributed by atoms with Crippen LogP contribution in [0, 0.1) is 0 Å². The molecule has 1 aliphatic carbocycles. The SMILES string of the molecule is CCCOC(=O)C1=C(C)NC2=C(C(=O)CCC2)[C@@H]1c1ccc(OC)c(OC)c1. The molecule has 2 aliphatic rings. The minimum Gasteiger partial charge on any atom is -0.493 e. The molecular formula is C22H27NO5. The van der Waals surface area contributed by atoms with Crippen LogP contribution in [0.15, 0.2) is 40.7 Å². The molecule has 3 rings (SSSR count). The molecular weight excluding hydrogens is 358 g/mol. The van der Waals surface area contributed by atoms with Gasteiger partial charge in [0, 0.05) is 29.3 Å². The highest BCUT2D eigenvalue weighted by molar-refractivity contribution is 6.03. The maximum absolute atomic E-state index is 12.9. The summed E-state index contributed by atoms with van der Waals surface area (Å²) in [6, 6.07) is 5.51. The third-order valence-electron chi connectivity index (χ3n) is 5.17. The van der Waals surface area contributed by atoms with Crippen molar-refractivity contribution in [2.75, 3.05) is 20.8 Å². The van der Waals surface area contributed by atoms with Crippen molar-refractivity contribution < 1.29 is 23.8 Å². The van der Waals surface area contributed by atoms with E-state index in [1.54, 1.807) is 20.3 Å². The van der Waals surface area contributed by atoms with Crippen LogP contribution in [0.1, 0.15) is 51.0 Å². The topological polar surface area (TPSA) is 73.9 Å². The fourth-order valence-corrected chi connectivity index (χ4v) is 3.89. The summed E-state index contributed by atoms with van der Waals surface area (Å²) in [5.41, 5.74) is 3.59. The number of Topliss-reactive ketones (excluding diaryl/α,β-unsaturated/α-hetero) is 1. The van der Waals surface area contributed by atoms with Crippen LogP contribution in [0.25, 0.3) is 0 Å². The Labute approximate surface area is 165 Å². The molecule has 1 heterocycles. The molecule has 1 N–H and O–H groups in total. The Morgan fingerprint density at radius 1 is 1.18 bits per heavy atom. The molecule has 0 bridgehead atoms. The molecule has 0 radical (unpaired) electrons. The molecule has 0 saturated heterocycles. The summed E-state index contributed by atoms with van der Waals surface area (Å²) in [7, 11) is 3.14. The standard InChI is InChI=1S/C22H27NO5/c1-5-11-28-22(25)19-13(2)23-15-7-6-8-16(24)21(15)20(19)14-9-10-17(26-3)18(12-14)27-4/h9-10,12,20,23H,5-8,11H2,1-4H3/t20-/m1/s1. The Balaban J connectivity index is 2.14. The third kappa shape index (κ3) is 3.63. The lowest BCUT2D eigenvalue weighted by Gasteiger charge is -2.34. The molecule has 0 saturated carbocycles. The Morgan fingerprint density at radius 2 is 1.93 bits per heavy atom. The van der Waals surface area contributed by atoms with E-state index in [1.807, 2.05) is 26.0 Å². The van der Waals surface area contributed by atoms with Gasteiger partial charge in [-0.3, -0.25) is 4.79 Å².